The highest BCUT2D eigenvalue weighted by molar-refractivity contribution is 5.56. The van der Waals surface area contributed by atoms with Crippen LogP contribution in [0.3, 0.4) is 0 Å². The van der Waals surface area contributed by atoms with Crippen LogP contribution in [0, 0.1) is 37.0 Å². The largest absolute Gasteiger partial charge is 0.507 e. The lowest BCUT2D eigenvalue weighted by Crippen LogP contribution is -2.22. The van der Waals surface area contributed by atoms with Crippen LogP contribution in [0.2, 0.25) is 0 Å². The topological polar surface area (TPSA) is 40.5 Å². The summed E-state index contributed by atoms with van der Waals surface area (Å²) in [6.45, 7) is 22.1. The molecule has 186 valence electrons. The summed E-state index contributed by atoms with van der Waals surface area (Å²) in [5, 5.41) is 23.4. The first-order chi connectivity index (χ1) is 15.5. The van der Waals surface area contributed by atoms with Gasteiger partial charge < -0.3 is 10.2 Å². The van der Waals surface area contributed by atoms with Gasteiger partial charge >= 0.3 is 0 Å². The second-order valence-corrected chi connectivity index (χ2v) is 14.1. The van der Waals surface area contributed by atoms with Gasteiger partial charge in [-0.2, -0.15) is 0 Å². The first-order valence-electron chi connectivity index (χ1n) is 13.2. The van der Waals surface area contributed by atoms with E-state index in [1.54, 1.807) is 0 Å². The molecule has 2 aliphatic rings. The van der Waals surface area contributed by atoms with E-state index in [0.29, 0.717) is 22.8 Å². The van der Waals surface area contributed by atoms with E-state index in [-0.39, 0.29) is 16.7 Å². The summed E-state index contributed by atoms with van der Waals surface area (Å²) in [5.74, 6) is 2.80. The molecule has 0 saturated heterocycles. The maximum absolute atomic E-state index is 11.7. The van der Waals surface area contributed by atoms with Crippen molar-refractivity contribution in [2.24, 2.45) is 23.2 Å². The fourth-order valence-electron chi connectivity index (χ4n) is 6.95. The van der Waals surface area contributed by atoms with Crippen molar-refractivity contribution in [1.29, 1.82) is 0 Å². The lowest BCUT2D eigenvalue weighted by atomic mass is 9.70. The Labute approximate surface area is 207 Å². The molecular formula is C32H46O2. The van der Waals surface area contributed by atoms with Gasteiger partial charge in [-0.15, -0.1) is 0 Å². The molecule has 4 rings (SSSR count). The SMILES string of the molecule is Cc1cc(C(c2cc(C)cc(C(C)(C)C)c2O)C2CCC3C(C2)C3(C)C)c(O)c(C(C)(C)C)c1. The maximum atomic E-state index is 11.7. The van der Waals surface area contributed by atoms with Crippen LogP contribution >= 0.6 is 0 Å². The minimum atomic E-state index is -0.156. The third kappa shape index (κ3) is 4.27. The standard InChI is InChI=1S/C32H46O2/c1-18-13-21(28(33)25(15-18)30(3,4)5)27(20-11-12-23-24(17-20)32(23,9)10)22-14-19(2)16-26(29(22)34)31(6,7)8/h13-16,20,23-24,27,33-34H,11-12,17H2,1-10H3. The number of fused-ring (bicyclic) bond motifs is 1. The number of rotatable bonds is 3. The van der Waals surface area contributed by atoms with E-state index >= 15 is 0 Å². The zero-order valence-corrected chi connectivity index (χ0v) is 23.1. The average Bonchev–Trinajstić information content (AvgIpc) is 3.25. The van der Waals surface area contributed by atoms with Gasteiger partial charge in [0, 0.05) is 17.0 Å². The molecular weight excluding hydrogens is 416 g/mol. The summed E-state index contributed by atoms with van der Waals surface area (Å²) in [7, 11) is 0. The molecule has 34 heavy (non-hydrogen) atoms. The summed E-state index contributed by atoms with van der Waals surface area (Å²) in [6, 6.07) is 8.62. The van der Waals surface area contributed by atoms with Crippen LogP contribution in [0.5, 0.6) is 11.5 Å². The van der Waals surface area contributed by atoms with Crippen molar-refractivity contribution in [1.82, 2.24) is 0 Å². The summed E-state index contributed by atoms with van der Waals surface area (Å²) in [5.41, 5.74) is 6.44. The fourth-order valence-corrected chi connectivity index (χ4v) is 6.95. The van der Waals surface area contributed by atoms with Gasteiger partial charge in [-0.25, -0.2) is 0 Å². The Morgan fingerprint density at radius 3 is 1.56 bits per heavy atom. The highest BCUT2D eigenvalue weighted by Gasteiger charge is 2.60. The molecule has 2 heteroatoms. The molecule has 3 atom stereocenters. The van der Waals surface area contributed by atoms with Gasteiger partial charge in [-0.3, -0.25) is 0 Å². The molecule has 2 N–H and O–H groups in total. The molecule has 3 unspecified atom stereocenters. The normalized spacial score (nSPS) is 24.3. The smallest absolute Gasteiger partial charge is 0.123 e. The molecule has 0 heterocycles. The highest BCUT2D eigenvalue weighted by atomic mass is 16.3. The zero-order chi connectivity index (χ0) is 25.4. The number of hydrogen-bond donors (Lipinski definition) is 2. The molecule has 0 aromatic heterocycles. The number of benzene rings is 2. The third-order valence-electron chi connectivity index (χ3n) is 9.02. The van der Waals surface area contributed by atoms with Crippen molar-refractivity contribution in [3.63, 3.8) is 0 Å². The molecule has 2 fully saturated rings. The molecule has 2 saturated carbocycles. The van der Waals surface area contributed by atoms with Crippen molar-refractivity contribution in [2.75, 3.05) is 0 Å². The quantitative estimate of drug-likeness (QED) is 0.480. The van der Waals surface area contributed by atoms with Crippen LogP contribution in [-0.4, -0.2) is 10.2 Å². The number of aryl methyl sites for hydroxylation is 2. The Bertz CT molecular complexity index is 1020. The predicted octanol–water partition coefficient (Wildman–Crippen LogP) is 8.51. The summed E-state index contributed by atoms with van der Waals surface area (Å²) >= 11 is 0. The molecule has 0 radical (unpaired) electrons. The van der Waals surface area contributed by atoms with E-state index in [4.69, 9.17) is 0 Å². The minimum absolute atomic E-state index is 0.0145. The number of aromatic hydroxyl groups is 2. The number of phenolic OH excluding ortho intramolecular Hbond substituents is 2. The molecule has 2 aliphatic carbocycles. The highest BCUT2D eigenvalue weighted by Crippen LogP contribution is 2.67. The van der Waals surface area contributed by atoms with E-state index in [2.05, 4.69) is 93.5 Å². The molecule has 0 bridgehead atoms. The predicted molar refractivity (Wildman–Crippen MR) is 143 cm³/mol. The molecule has 0 spiro atoms. The van der Waals surface area contributed by atoms with Gasteiger partial charge in [0.25, 0.3) is 0 Å². The van der Waals surface area contributed by atoms with E-state index in [0.717, 1.165) is 40.5 Å². The van der Waals surface area contributed by atoms with Crippen LogP contribution in [0.25, 0.3) is 0 Å². The lowest BCUT2D eigenvalue weighted by Gasteiger charge is -2.35. The van der Waals surface area contributed by atoms with Crippen molar-refractivity contribution in [3.05, 3.63) is 57.6 Å². The van der Waals surface area contributed by atoms with Gasteiger partial charge in [0.15, 0.2) is 0 Å². The number of phenols is 2. The minimum Gasteiger partial charge on any atom is -0.507 e. The van der Waals surface area contributed by atoms with E-state index in [1.807, 2.05) is 0 Å². The first kappa shape index (κ1) is 25.1. The van der Waals surface area contributed by atoms with Crippen LogP contribution in [0.4, 0.5) is 0 Å². The molecule has 2 aromatic carbocycles. The summed E-state index contributed by atoms with van der Waals surface area (Å²) in [6.07, 6.45) is 3.56. The Kier molecular flexibility index (Phi) is 5.94. The van der Waals surface area contributed by atoms with Crippen molar-refractivity contribution in [3.8, 4) is 11.5 Å². The van der Waals surface area contributed by atoms with Crippen LogP contribution in [0.15, 0.2) is 24.3 Å². The maximum Gasteiger partial charge on any atom is 0.123 e. The Hall–Kier alpha value is -1.96. The summed E-state index contributed by atoms with van der Waals surface area (Å²) < 4.78 is 0. The van der Waals surface area contributed by atoms with Crippen LogP contribution in [-0.2, 0) is 10.8 Å². The lowest BCUT2D eigenvalue weighted by molar-refractivity contribution is 0.302. The zero-order valence-electron chi connectivity index (χ0n) is 23.1. The Morgan fingerprint density at radius 1 is 0.735 bits per heavy atom. The average molecular weight is 463 g/mol. The van der Waals surface area contributed by atoms with Crippen molar-refractivity contribution < 1.29 is 10.2 Å². The van der Waals surface area contributed by atoms with E-state index in [9.17, 15) is 10.2 Å². The van der Waals surface area contributed by atoms with Gasteiger partial charge in [-0.05, 0) is 78.2 Å². The van der Waals surface area contributed by atoms with Crippen LogP contribution in [0.1, 0.15) is 114 Å². The van der Waals surface area contributed by atoms with Crippen LogP contribution < -0.4 is 0 Å². The van der Waals surface area contributed by atoms with Gasteiger partial charge in [-0.1, -0.05) is 90.8 Å². The van der Waals surface area contributed by atoms with Gasteiger partial charge in [0.2, 0.25) is 0 Å². The molecule has 0 aliphatic heterocycles. The third-order valence-corrected chi connectivity index (χ3v) is 9.02. The molecule has 2 nitrogen and oxygen atoms in total. The fraction of sp³-hybridized carbons (Fsp3) is 0.625. The Morgan fingerprint density at radius 2 is 1.18 bits per heavy atom. The monoisotopic (exact) mass is 462 g/mol. The van der Waals surface area contributed by atoms with E-state index in [1.165, 1.54) is 24.0 Å². The molecule has 2 aromatic rings. The Balaban J connectivity index is 1.94. The van der Waals surface area contributed by atoms with E-state index < -0.39 is 0 Å². The van der Waals surface area contributed by atoms with Crippen molar-refractivity contribution >= 4 is 0 Å². The second kappa shape index (κ2) is 8.04. The number of hydrogen-bond acceptors (Lipinski definition) is 2. The molecule has 0 amide bonds. The second-order valence-electron chi connectivity index (χ2n) is 14.1. The van der Waals surface area contributed by atoms with Gasteiger partial charge in [0.05, 0.1) is 0 Å². The van der Waals surface area contributed by atoms with Crippen molar-refractivity contribution in [2.45, 2.75) is 105 Å². The van der Waals surface area contributed by atoms with Gasteiger partial charge in [0.1, 0.15) is 11.5 Å². The summed E-state index contributed by atoms with van der Waals surface area (Å²) in [4.78, 5) is 0. The first-order valence-corrected chi connectivity index (χ1v) is 13.2.